The van der Waals surface area contributed by atoms with Crippen molar-refractivity contribution in [1.82, 2.24) is 4.98 Å². The molecule has 0 aliphatic heterocycles. The highest BCUT2D eigenvalue weighted by atomic mass is 79.9. The van der Waals surface area contributed by atoms with Gasteiger partial charge in [-0.05, 0) is 45.6 Å². The highest BCUT2D eigenvalue weighted by Gasteiger charge is 2.07. The summed E-state index contributed by atoms with van der Waals surface area (Å²) in [6.45, 7) is 0.966. The van der Waals surface area contributed by atoms with E-state index < -0.39 is 0 Å². The van der Waals surface area contributed by atoms with E-state index in [0.29, 0.717) is 6.42 Å². The average molecular weight is 321 g/mol. The van der Waals surface area contributed by atoms with E-state index in [2.05, 4.69) is 51.1 Å². The zero-order valence-corrected chi connectivity index (χ0v) is 12.5. The Hall–Kier alpha value is -1.39. The summed E-state index contributed by atoms with van der Waals surface area (Å²) in [5.41, 5.74) is 3.47. The summed E-state index contributed by atoms with van der Waals surface area (Å²) in [5, 5.41) is 9.11. The Bertz CT molecular complexity index is 528. The number of anilines is 1. The van der Waals surface area contributed by atoms with Gasteiger partial charge in [-0.3, -0.25) is 0 Å². The van der Waals surface area contributed by atoms with Crippen LogP contribution in [0.1, 0.15) is 11.1 Å². The SMILES string of the molecule is CN(Cc1ccc(Br)nc1)c1ccccc1CCO. The molecule has 0 bridgehead atoms. The van der Waals surface area contributed by atoms with E-state index in [-0.39, 0.29) is 6.61 Å². The van der Waals surface area contributed by atoms with Crippen molar-refractivity contribution in [2.45, 2.75) is 13.0 Å². The lowest BCUT2D eigenvalue weighted by molar-refractivity contribution is 0.299. The van der Waals surface area contributed by atoms with E-state index >= 15 is 0 Å². The summed E-state index contributed by atoms with van der Waals surface area (Å²) in [7, 11) is 2.05. The highest BCUT2D eigenvalue weighted by molar-refractivity contribution is 9.10. The lowest BCUT2D eigenvalue weighted by atomic mass is 10.1. The van der Waals surface area contributed by atoms with E-state index in [1.807, 2.05) is 24.4 Å². The molecule has 0 saturated heterocycles. The number of halogens is 1. The summed E-state index contributed by atoms with van der Waals surface area (Å²) in [6.07, 6.45) is 2.55. The molecule has 2 aromatic rings. The van der Waals surface area contributed by atoms with Crippen molar-refractivity contribution in [3.05, 3.63) is 58.3 Å². The van der Waals surface area contributed by atoms with Crippen LogP contribution in [-0.4, -0.2) is 23.7 Å². The van der Waals surface area contributed by atoms with Crippen molar-refractivity contribution in [3.63, 3.8) is 0 Å². The van der Waals surface area contributed by atoms with Gasteiger partial charge >= 0.3 is 0 Å². The van der Waals surface area contributed by atoms with Crippen molar-refractivity contribution >= 4 is 21.6 Å². The smallest absolute Gasteiger partial charge is 0.106 e. The molecule has 1 heterocycles. The molecule has 4 heteroatoms. The Kier molecular flexibility index (Phi) is 4.93. The molecule has 0 spiro atoms. The predicted molar refractivity (Wildman–Crippen MR) is 81.3 cm³/mol. The van der Waals surface area contributed by atoms with Crippen molar-refractivity contribution in [1.29, 1.82) is 0 Å². The topological polar surface area (TPSA) is 36.4 Å². The van der Waals surface area contributed by atoms with Gasteiger partial charge in [0.25, 0.3) is 0 Å². The normalized spacial score (nSPS) is 10.5. The van der Waals surface area contributed by atoms with Crippen molar-refractivity contribution in [3.8, 4) is 0 Å². The molecule has 1 aromatic heterocycles. The Morgan fingerprint density at radius 2 is 2.00 bits per heavy atom. The van der Waals surface area contributed by atoms with E-state index in [9.17, 15) is 0 Å². The molecule has 0 radical (unpaired) electrons. The first-order chi connectivity index (χ1) is 9.20. The number of aromatic nitrogens is 1. The lowest BCUT2D eigenvalue weighted by Crippen LogP contribution is -2.18. The third kappa shape index (κ3) is 3.78. The number of hydrogen-bond donors (Lipinski definition) is 1. The van der Waals surface area contributed by atoms with Crippen LogP contribution in [0.5, 0.6) is 0 Å². The minimum absolute atomic E-state index is 0.171. The minimum Gasteiger partial charge on any atom is -0.396 e. The second-order valence-corrected chi connectivity index (χ2v) is 5.26. The van der Waals surface area contributed by atoms with Crippen molar-refractivity contribution in [2.24, 2.45) is 0 Å². The average Bonchev–Trinajstić information content (AvgIpc) is 2.42. The van der Waals surface area contributed by atoms with E-state index in [4.69, 9.17) is 5.11 Å². The van der Waals surface area contributed by atoms with Gasteiger partial charge in [0.15, 0.2) is 0 Å². The number of nitrogens with zero attached hydrogens (tertiary/aromatic N) is 2. The first-order valence-electron chi connectivity index (χ1n) is 6.21. The maximum atomic E-state index is 9.11. The standard InChI is InChI=1S/C15H17BrN2O/c1-18(11-12-6-7-15(16)17-10-12)14-5-3-2-4-13(14)8-9-19/h2-7,10,19H,8-9,11H2,1H3. The first kappa shape index (κ1) is 14.0. The summed E-state index contributed by atoms with van der Waals surface area (Å²) in [4.78, 5) is 6.41. The molecule has 0 fully saturated rings. The molecule has 1 aromatic carbocycles. The monoisotopic (exact) mass is 320 g/mol. The van der Waals surface area contributed by atoms with Gasteiger partial charge in [0, 0.05) is 32.1 Å². The van der Waals surface area contributed by atoms with Crippen LogP contribution in [0, 0.1) is 0 Å². The van der Waals surface area contributed by atoms with Crippen LogP contribution >= 0.6 is 15.9 Å². The zero-order chi connectivity index (χ0) is 13.7. The number of pyridine rings is 1. The number of benzene rings is 1. The minimum atomic E-state index is 0.171. The van der Waals surface area contributed by atoms with Crippen LogP contribution in [0.3, 0.4) is 0 Å². The van der Waals surface area contributed by atoms with Crippen molar-refractivity contribution in [2.75, 3.05) is 18.6 Å². The van der Waals surface area contributed by atoms with Gasteiger partial charge in [0.2, 0.25) is 0 Å². The van der Waals surface area contributed by atoms with Gasteiger partial charge in [-0.2, -0.15) is 0 Å². The van der Waals surface area contributed by atoms with Crippen LogP contribution in [0.15, 0.2) is 47.2 Å². The molecule has 0 saturated carbocycles. The third-order valence-corrected chi connectivity index (χ3v) is 3.46. The molecule has 19 heavy (non-hydrogen) atoms. The quantitative estimate of drug-likeness (QED) is 0.860. The number of rotatable bonds is 5. The predicted octanol–water partition coefficient (Wildman–Crippen LogP) is 3.02. The lowest BCUT2D eigenvalue weighted by Gasteiger charge is -2.22. The van der Waals surface area contributed by atoms with Crippen LogP contribution in [-0.2, 0) is 13.0 Å². The molecule has 2 rings (SSSR count). The van der Waals surface area contributed by atoms with Crippen LogP contribution in [0.25, 0.3) is 0 Å². The molecule has 0 atom stereocenters. The largest absolute Gasteiger partial charge is 0.396 e. The number of hydrogen-bond acceptors (Lipinski definition) is 3. The molecular formula is C15H17BrN2O. The molecule has 0 unspecified atom stereocenters. The summed E-state index contributed by atoms with van der Waals surface area (Å²) in [5.74, 6) is 0. The van der Waals surface area contributed by atoms with Gasteiger partial charge in [-0.15, -0.1) is 0 Å². The van der Waals surface area contributed by atoms with Crippen LogP contribution in [0.4, 0.5) is 5.69 Å². The molecule has 1 N–H and O–H groups in total. The van der Waals surface area contributed by atoms with E-state index in [1.165, 1.54) is 0 Å². The number of para-hydroxylation sites is 1. The van der Waals surface area contributed by atoms with Crippen LogP contribution in [0.2, 0.25) is 0 Å². The van der Waals surface area contributed by atoms with Gasteiger partial charge in [-0.1, -0.05) is 24.3 Å². The fourth-order valence-electron chi connectivity index (χ4n) is 2.07. The number of aliphatic hydroxyl groups is 1. The van der Waals surface area contributed by atoms with Gasteiger partial charge < -0.3 is 10.0 Å². The second-order valence-electron chi connectivity index (χ2n) is 4.45. The van der Waals surface area contributed by atoms with Gasteiger partial charge in [-0.25, -0.2) is 4.98 Å². The molecular weight excluding hydrogens is 304 g/mol. The van der Waals surface area contributed by atoms with E-state index in [1.54, 1.807) is 0 Å². The zero-order valence-electron chi connectivity index (χ0n) is 10.9. The highest BCUT2D eigenvalue weighted by Crippen LogP contribution is 2.21. The molecule has 0 aliphatic carbocycles. The van der Waals surface area contributed by atoms with E-state index in [0.717, 1.165) is 28.0 Å². The Balaban J connectivity index is 2.15. The summed E-state index contributed by atoms with van der Waals surface area (Å²) in [6, 6.07) is 12.2. The Morgan fingerprint density at radius 3 is 2.68 bits per heavy atom. The molecule has 100 valence electrons. The molecule has 0 aliphatic rings. The maximum absolute atomic E-state index is 9.11. The fourth-order valence-corrected chi connectivity index (χ4v) is 2.31. The van der Waals surface area contributed by atoms with Crippen LogP contribution < -0.4 is 4.90 Å². The second kappa shape index (κ2) is 6.68. The third-order valence-electron chi connectivity index (χ3n) is 2.99. The number of aliphatic hydroxyl groups excluding tert-OH is 1. The van der Waals surface area contributed by atoms with Crippen molar-refractivity contribution < 1.29 is 5.11 Å². The molecule has 0 amide bonds. The van der Waals surface area contributed by atoms with Gasteiger partial charge in [0.1, 0.15) is 4.60 Å². The van der Waals surface area contributed by atoms with Gasteiger partial charge in [0.05, 0.1) is 0 Å². The summed E-state index contributed by atoms with van der Waals surface area (Å²) >= 11 is 3.34. The first-order valence-corrected chi connectivity index (χ1v) is 7.00. The Labute approximate surface area is 122 Å². The Morgan fingerprint density at radius 1 is 1.21 bits per heavy atom. The maximum Gasteiger partial charge on any atom is 0.106 e. The summed E-state index contributed by atoms with van der Waals surface area (Å²) < 4.78 is 0.847. The fraction of sp³-hybridized carbons (Fsp3) is 0.267. The molecule has 3 nitrogen and oxygen atoms in total.